The van der Waals surface area contributed by atoms with Gasteiger partial charge in [-0.2, -0.15) is 0 Å². The van der Waals surface area contributed by atoms with Crippen LogP contribution in [0.4, 0.5) is 11.4 Å². The summed E-state index contributed by atoms with van der Waals surface area (Å²) in [5.41, 5.74) is 0.0102. The van der Waals surface area contributed by atoms with Crippen LogP contribution >= 0.6 is 11.6 Å². The fraction of sp³-hybridized carbons (Fsp3) is 0.500. The van der Waals surface area contributed by atoms with Crippen molar-refractivity contribution in [1.82, 2.24) is 0 Å². The maximum absolute atomic E-state index is 12.1. The Morgan fingerprint density at radius 1 is 1.52 bits per heavy atom. The second kappa shape index (κ2) is 6.87. The van der Waals surface area contributed by atoms with Gasteiger partial charge in [0, 0.05) is 11.1 Å². The maximum Gasteiger partial charge on any atom is 0.294 e. The number of halogens is 1. The zero-order chi connectivity index (χ0) is 15.4. The highest BCUT2D eigenvalue weighted by Gasteiger charge is 2.25. The number of nitrogens with one attached hydrogen (secondary N) is 2. The molecule has 1 aliphatic heterocycles. The van der Waals surface area contributed by atoms with Gasteiger partial charge in [-0.1, -0.05) is 11.6 Å². The topological polar surface area (TPSA) is 76.7 Å². The standard InChI is InChI=1S/C14H18ClN3O3/c1-10-4-2-3-7-17(10)9-14(19)16-12-6-5-11(15)8-13(12)18(20)21/h5-6,8,10H,2-4,7,9H2,1H3,(H,16,19)/p+1/t10-/m1/s1. The Morgan fingerprint density at radius 3 is 2.95 bits per heavy atom. The zero-order valence-corrected chi connectivity index (χ0v) is 12.7. The molecule has 0 spiro atoms. The fourth-order valence-electron chi connectivity index (χ4n) is 2.68. The van der Waals surface area contributed by atoms with Crippen LogP contribution in [0.3, 0.4) is 0 Å². The van der Waals surface area contributed by atoms with Gasteiger partial charge in [0.1, 0.15) is 5.69 Å². The first-order valence-electron chi connectivity index (χ1n) is 7.05. The van der Waals surface area contributed by atoms with E-state index < -0.39 is 4.92 Å². The number of hydrogen-bond donors (Lipinski definition) is 2. The van der Waals surface area contributed by atoms with Crippen LogP contribution in [0.25, 0.3) is 0 Å². The van der Waals surface area contributed by atoms with Crippen LogP contribution in [0.15, 0.2) is 18.2 Å². The van der Waals surface area contributed by atoms with Gasteiger partial charge in [-0.05, 0) is 38.3 Å². The minimum atomic E-state index is -0.544. The van der Waals surface area contributed by atoms with Gasteiger partial charge in [0.2, 0.25) is 0 Å². The Bertz CT molecular complexity index is 550. The molecule has 0 aliphatic carbocycles. The summed E-state index contributed by atoms with van der Waals surface area (Å²) in [7, 11) is 0. The lowest BCUT2D eigenvalue weighted by atomic mass is 10.0. The van der Waals surface area contributed by atoms with E-state index in [2.05, 4.69) is 12.2 Å². The highest BCUT2D eigenvalue weighted by molar-refractivity contribution is 6.31. The Labute approximate surface area is 128 Å². The van der Waals surface area contributed by atoms with Crippen LogP contribution in [0, 0.1) is 10.1 Å². The molecule has 1 heterocycles. The van der Waals surface area contributed by atoms with Crippen LogP contribution in [0.1, 0.15) is 26.2 Å². The van der Waals surface area contributed by atoms with Gasteiger partial charge in [0.05, 0.1) is 17.5 Å². The van der Waals surface area contributed by atoms with Crippen LogP contribution in [-0.4, -0.2) is 30.0 Å². The zero-order valence-electron chi connectivity index (χ0n) is 11.9. The Morgan fingerprint density at radius 2 is 2.29 bits per heavy atom. The summed E-state index contributed by atoms with van der Waals surface area (Å²) < 4.78 is 0. The summed E-state index contributed by atoms with van der Waals surface area (Å²) in [4.78, 5) is 23.8. The molecule has 2 atom stereocenters. The fourth-order valence-corrected chi connectivity index (χ4v) is 2.84. The Balaban J connectivity index is 2.04. The average molecular weight is 313 g/mol. The molecule has 0 aromatic heterocycles. The van der Waals surface area contributed by atoms with E-state index in [4.69, 9.17) is 11.6 Å². The first kappa shape index (κ1) is 15.7. The van der Waals surface area contributed by atoms with Crippen molar-refractivity contribution in [3.63, 3.8) is 0 Å². The van der Waals surface area contributed by atoms with Crippen molar-refractivity contribution in [2.24, 2.45) is 0 Å². The van der Waals surface area contributed by atoms with Gasteiger partial charge < -0.3 is 10.2 Å². The second-order valence-corrected chi connectivity index (χ2v) is 5.89. The number of piperidine rings is 1. The summed E-state index contributed by atoms with van der Waals surface area (Å²) in [5, 5.41) is 13.9. The van der Waals surface area contributed by atoms with Gasteiger partial charge in [0.15, 0.2) is 6.54 Å². The Hall–Kier alpha value is -1.66. The van der Waals surface area contributed by atoms with Crippen molar-refractivity contribution in [2.75, 3.05) is 18.4 Å². The van der Waals surface area contributed by atoms with Crippen LogP contribution in [0.5, 0.6) is 0 Å². The number of carbonyl (C=O) groups excluding carboxylic acids is 1. The van der Waals surface area contributed by atoms with E-state index in [1.165, 1.54) is 29.5 Å². The van der Waals surface area contributed by atoms with Crippen molar-refractivity contribution in [3.05, 3.63) is 33.3 Å². The number of nitro groups is 1. The van der Waals surface area contributed by atoms with Crippen molar-refractivity contribution in [2.45, 2.75) is 32.2 Å². The molecule has 1 amide bonds. The molecule has 7 heteroatoms. The first-order valence-corrected chi connectivity index (χ1v) is 7.43. The van der Waals surface area contributed by atoms with Gasteiger partial charge in [-0.15, -0.1) is 0 Å². The molecule has 2 rings (SSSR count). The summed E-state index contributed by atoms with van der Waals surface area (Å²) in [5.74, 6) is -0.204. The normalized spacial score (nSPS) is 21.8. The minimum Gasteiger partial charge on any atom is -0.325 e. The second-order valence-electron chi connectivity index (χ2n) is 5.45. The van der Waals surface area contributed by atoms with E-state index in [0.717, 1.165) is 19.4 Å². The molecule has 0 bridgehead atoms. The van der Waals surface area contributed by atoms with Gasteiger partial charge in [-0.3, -0.25) is 14.9 Å². The number of benzene rings is 1. The van der Waals surface area contributed by atoms with Crippen molar-refractivity contribution >= 4 is 28.9 Å². The molecule has 1 aromatic carbocycles. The highest BCUT2D eigenvalue weighted by atomic mass is 35.5. The Kier molecular flexibility index (Phi) is 5.14. The monoisotopic (exact) mass is 312 g/mol. The number of rotatable bonds is 4. The van der Waals surface area contributed by atoms with Gasteiger partial charge in [0.25, 0.3) is 11.6 Å². The number of likely N-dealkylation sites (tertiary alicyclic amines) is 1. The number of hydrogen-bond acceptors (Lipinski definition) is 3. The van der Waals surface area contributed by atoms with Gasteiger partial charge in [-0.25, -0.2) is 0 Å². The molecule has 1 aromatic rings. The number of quaternary nitrogens is 1. The maximum atomic E-state index is 12.1. The third-order valence-corrected chi connectivity index (χ3v) is 4.14. The van der Waals surface area contributed by atoms with E-state index in [1.807, 2.05) is 0 Å². The molecule has 1 aliphatic rings. The van der Waals surface area contributed by atoms with E-state index in [1.54, 1.807) is 0 Å². The van der Waals surface area contributed by atoms with Crippen molar-refractivity contribution in [1.29, 1.82) is 0 Å². The molecule has 1 saturated heterocycles. The number of amides is 1. The summed E-state index contributed by atoms with van der Waals surface area (Å²) >= 11 is 5.75. The van der Waals surface area contributed by atoms with E-state index >= 15 is 0 Å². The van der Waals surface area contributed by atoms with E-state index in [-0.39, 0.29) is 22.3 Å². The highest BCUT2D eigenvalue weighted by Crippen LogP contribution is 2.27. The lowest BCUT2D eigenvalue weighted by Gasteiger charge is -2.29. The molecular formula is C14H19ClN3O3+. The van der Waals surface area contributed by atoms with Crippen LogP contribution in [0.2, 0.25) is 5.02 Å². The lowest BCUT2D eigenvalue weighted by molar-refractivity contribution is -0.920. The SMILES string of the molecule is C[C@@H]1CCCC[NH+]1CC(=O)Nc1ccc(Cl)cc1[N+](=O)[O-]. The van der Waals surface area contributed by atoms with E-state index in [9.17, 15) is 14.9 Å². The molecule has 2 N–H and O–H groups in total. The summed E-state index contributed by atoms with van der Waals surface area (Å²) in [6.07, 6.45) is 3.44. The quantitative estimate of drug-likeness (QED) is 0.655. The lowest BCUT2D eigenvalue weighted by Crippen LogP contribution is -3.17. The average Bonchev–Trinajstić information content (AvgIpc) is 2.43. The van der Waals surface area contributed by atoms with Crippen LogP contribution in [-0.2, 0) is 4.79 Å². The molecule has 21 heavy (non-hydrogen) atoms. The smallest absolute Gasteiger partial charge is 0.294 e. The summed E-state index contributed by atoms with van der Waals surface area (Å²) in [6, 6.07) is 4.69. The number of anilines is 1. The minimum absolute atomic E-state index is 0.183. The first-order chi connectivity index (χ1) is 9.97. The molecule has 1 fully saturated rings. The largest absolute Gasteiger partial charge is 0.325 e. The van der Waals surface area contributed by atoms with Crippen molar-refractivity contribution in [3.8, 4) is 0 Å². The number of nitrogens with zero attached hydrogens (tertiary/aromatic N) is 1. The molecule has 0 saturated carbocycles. The van der Waals surface area contributed by atoms with Gasteiger partial charge >= 0.3 is 0 Å². The number of nitro benzene ring substituents is 1. The van der Waals surface area contributed by atoms with E-state index in [0.29, 0.717) is 12.6 Å². The summed E-state index contributed by atoms with van der Waals surface area (Å²) in [6.45, 7) is 3.44. The third-order valence-electron chi connectivity index (χ3n) is 3.90. The third kappa shape index (κ3) is 4.15. The molecule has 0 radical (unpaired) electrons. The predicted molar refractivity (Wildman–Crippen MR) is 80.7 cm³/mol. The molecular weight excluding hydrogens is 294 g/mol. The molecule has 1 unspecified atom stereocenters. The van der Waals surface area contributed by atoms with Crippen LogP contribution < -0.4 is 10.2 Å². The van der Waals surface area contributed by atoms with Crippen molar-refractivity contribution < 1.29 is 14.6 Å². The predicted octanol–water partition coefficient (Wildman–Crippen LogP) is 1.64. The molecule has 114 valence electrons. The number of carbonyl (C=O) groups is 1. The molecule has 6 nitrogen and oxygen atoms in total.